The minimum Gasteiger partial charge on any atom is -0.504 e. The third-order valence-electron chi connectivity index (χ3n) is 4.42. The number of hydrogen-bond donors (Lipinski definition) is 1. The molecule has 140 valence electrons. The van der Waals surface area contributed by atoms with Crippen LogP contribution >= 0.6 is 0 Å². The van der Waals surface area contributed by atoms with Crippen molar-refractivity contribution in [2.24, 2.45) is 0 Å². The third kappa shape index (κ3) is 9.96. The van der Waals surface area contributed by atoms with Gasteiger partial charge in [0.15, 0.2) is 17.3 Å². The summed E-state index contributed by atoms with van der Waals surface area (Å²) in [6.45, 7) is 2.24. The van der Waals surface area contributed by atoms with Gasteiger partial charge in [0.1, 0.15) is 0 Å². The number of ether oxygens (including phenoxy) is 1. The van der Waals surface area contributed by atoms with Crippen molar-refractivity contribution in [3.63, 3.8) is 0 Å². The van der Waals surface area contributed by atoms with Crippen molar-refractivity contribution < 1.29 is 14.6 Å². The first-order chi connectivity index (χ1) is 12.2. The number of methoxy groups -OCH3 is 1. The van der Waals surface area contributed by atoms with E-state index in [2.05, 4.69) is 6.92 Å². The second-order valence-corrected chi connectivity index (χ2v) is 6.64. The van der Waals surface area contributed by atoms with E-state index in [4.69, 9.17) is 4.74 Å². The molecule has 0 spiro atoms. The Kier molecular flexibility index (Phi) is 11.5. The molecule has 0 heterocycles. The van der Waals surface area contributed by atoms with Crippen LogP contribution < -0.4 is 4.74 Å². The average Bonchev–Trinajstić information content (AvgIpc) is 2.61. The molecule has 1 aromatic rings. The van der Waals surface area contributed by atoms with Gasteiger partial charge in [0.05, 0.1) is 7.11 Å². The Morgan fingerprint density at radius 3 is 2.40 bits per heavy atom. The van der Waals surface area contributed by atoms with Crippen molar-refractivity contribution in [3.05, 3.63) is 35.9 Å². The number of unbranched alkanes of at least 4 members (excludes halogenated alkanes) is 7. The number of allylic oxidation sites excluding steroid dienone is 2. The summed E-state index contributed by atoms with van der Waals surface area (Å²) in [6, 6.07) is 5.42. The lowest BCUT2D eigenvalue weighted by Gasteiger charge is -2.05. The van der Waals surface area contributed by atoms with Crippen molar-refractivity contribution in [3.8, 4) is 11.5 Å². The number of ketones is 1. The van der Waals surface area contributed by atoms with Gasteiger partial charge in [0.2, 0.25) is 0 Å². The number of phenols is 1. The molecule has 25 heavy (non-hydrogen) atoms. The molecule has 0 bridgehead atoms. The Morgan fingerprint density at radius 2 is 1.76 bits per heavy atom. The van der Waals surface area contributed by atoms with Crippen LogP contribution in [0.15, 0.2) is 30.4 Å². The standard InChI is InChI=1S/C22H34O3/c1-3-4-5-6-7-8-9-10-14-20(23)15-12-11-13-19-16-17-22(25-2)21(24)18-19/h12,15-18,24H,3-11,13-14H2,1-2H3. The van der Waals surface area contributed by atoms with Crippen LogP contribution in [-0.2, 0) is 11.2 Å². The maximum absolute atomic E-state index is 11.8. The summed E-state index contributed by atoms with van der Waals surface area (Å²) in [5, 5.41) is 9.74. The van der Waals surface area contributed by atoms with Crippen molar-refractivity contribution >= 4 is 5.78 Å². The molecule has 0 unspecified atom stereocenters. The molecule has 0 aromatic heterocycles. The zero-order valence-corrected chi connectivity index (χ0v) is 15.9. The Bertz CT molecular complexity index is 520. The summed E-state index contributed by atoms with van der Waals surface area (Å²) in [6.07, 6.45) is 16.0. The summed E-state index contributed by atoms with van der Waals surface area (Å²) in [5.41, 5.74) is 1.04. The summed E-state index contributed by atoms with van der Waals surface area (Å²) in [7, 11) is 1.54. The van der Waals surface area contributed by atoms with Crippen LogP contribution in [0.25, 0.3) is 0 Å². The molecule has 0 atom stereocenters. The van der Waals surface area contributed by atoms with Crippen LogP contribution in [0.5, 0.6) is 11.5 Å². The molecule has 3 heteroatoms. The van der Waals surface area contributed by atoms with Crippen LogP contribution in [0.1, 0.15) is 76.7 Å². The number of benzene rings is 1. The lowest BCUT2D eigenvalue weighted by atomic mass is 10.1. The quantitative estimate of drug-likeness (QED) is 0.332. The smallest absolute Gasteiger partial charge is 0.160 e. The number of rotatable bonds is 14. The Labute approximate surface area is 153 Å². The predicted octanol–water partition coefficient (Wildman–Crippen LogP) is 5.99. The van der Waals surface area contributed by atoms with Gasteiger partial charge in [-0.2, -0.15) is 0 Å². The molecule has 0 aliphatic rings. The molecular formula is C22H34O3. The molecule has 0 amide bonds. The van der Waals surface area contributed by atoms with Gasteiger partial charge in [-0.15, -0.1) is 0 Å². The van der Waals surface area contributed by atoms with Gasteiger partial charge >= 0.3 is 0 Å². The van der Waals surface area contributed by atoms with Crippen LogP contribution in [0, 0.1) is 0 Å². The highest BCUT2D eigenvalue weighted by Crippen LogP contribution is 2.26. The molecule has 1 N–H and O–H groups in total. The molecular weight excluding hydrogens is 312 g/mol. The highest BCUT2D eigenvalue weighted by Gasteiger charge is 2.02. The van der Waals surface area contributed by atoms with E-state index in [9.17, 15) is 9.90 Å². The van der Waals surface area contributed by atoms with Crippen LogP contribution in [-0.4, -0.2) is 18.0 Å². The summed E-state index contributed by atoms with van der Waals surface area (Å²) < 4.78 is 5.03. The second kappa shape index (κ2) is 13.5. The molecule has 0 aliphatic carbocycles. The van der Waals surface area contributed by atoms with Gasteiger partial charge in [-0.1, -0.05) is 64.0 Å². The second-order valence-electron chi connectivity index (χ2n) is 6.64. The number of aryl methyl sites for hydroxylation is 1. The number of hydrogen-bond acceptors (Lipinski definition) is 3. The van der Waals surface area contributed by atoms with Gasteiger partial charge in [-0.05, 0) is 43.0 Å². The van der Waals surface area contributed by atoms with Gasteiger partial charge in [0, 0.05) is 6.42 Å². The maximum Gasteiger partial charge on any atom is 0.160 e. The monoisotopic (exact) mass is 346 g/mol. The molecule has 0 saturated carbocycles. The van der Waals surface area contributed by atoms with E-state index in [1.165, 1.54) is 45.6 Å². The minimum absolute atomic E-state index is 0.162. The highest BCUT2D eigenvalue weighted by atomic mass is 16.5. The Balaban J connectivity index is 2.09. The minimum atomic E-state index is 0.162. The van der Waals surface area contributed by atoms with Crippen molar-refractivity contribution in [1.29, 1.82) is 0 Å². The van der Waals surface area contributed by atoms with Crippen LogP contribution in [0.3, 0.4) is 0 Å². The van der Waals surface area contributed by atoms with Crippen molar-refractivity contribution in [1.82, 2.24) is 0 Å². The molecule has 0 radical (unpaired) electrons. The summed E-state index contributed by atoms with van der Waals surface area (Å²) >= 11 is 0. The van der Waals surface area contributed by atoms with Gasteiger partial charge in [0.25, 0.3) is 0 Å². The lowest BCUT2D eigenvalue weighted by Crippen LogP contribution is -1.93. The first-order valence-electron chi connectivity index (χ1n) is 9.72. The normalized spacial score (nSPS) is 11.1. The summed E-state index contributed by atoms with van der Waals surface area (Å²) in [4.78, 5) is 11.8. The van der Waals surface area contributed by atoms with Gasteiger partial charge < -0.3 is 9.84 Å². The molecule has 1 rings (SSSR count). The fourth-order valence-electron chi connectivity index (χ4n) is 2.87. The predicted molar refractivity (Wildman–Crippen MR) is 104 cm³/mol. The largest absolute Gasteiger partial charge is 0.504 e. The van der Waals surface area contributed by atoms with Crippen molar-refractivity contribution in [2.45, 2.75) is 77.6 Å². The number of phenolic OH excluding ortho intramolecular Hbond substituents is 1. The first-order valence-corrected chi connectivity index (χ1v) is 9.72. The Hall–Kier alpha value is -1.77. The van der Waals surface area contributed by atoms with E-state index in [0.717, 1.165) is 31.2 Å². The Morgan fingerprint density at radius 1 is 1.08 bits per heavy atom. The van der Waals surface area contributed by atoms with E-state index >= 15 is 0 Å². The molecule has 0 fully saturated rings. The summed E-state index contributed by atoms with van der Waals surface area (Å²) in [5.74, 6) is 0.873. The lowest BCUT2D eigenvalue weighted by molar-refractivity contribution is -0.114. The molecule has 1 aromatic carbocycles. The number of carbonyl (C=O) groups excluding carboxylic acids is 1. The zero-order valence-electron chi connectivity index (χ0n) is 15.9. The number of carbonyl (C=O) groups is 1. The molecule has 3 nitrogen and oxygen atoms in total. The van der Waals surface area contributed by atoms with Crippen molar-refractivity contribution in [2.75, 3.05) is 7.11 Å². The van der Waals surface area contributed by atoms with Gasteiger partial charge in [-0.3, -0.25) is 4.79 Å². The topological polar surface area (TPSA) is 46.5 Å². The first kappa shape index (κ1) is 21.3. The van der Waals surface area contributed by atoms with Crippen LogP contribution in [0.4, 0.5) is 0 Å². The van der Waals surface area contributed by atoms with E-state index < -0.39 is 0 Å². The van der Waals surface area contributed by atoms with E-state index in [0.29, 0.717) is 12.2 Å². The van der Waals surface area contributed by atoms with Gasteiger partial charge in [-0.25, -0.2) is 0 Å². The molecule has 0 aliphatic heterocycles. The average molecular weight is 347 g/mol. The number of aromatic hydroxyl groups is 1. The maximum atomic E-state index is 11.8. The van der Waals surface area contributed by atoms with E-state index in [-0.39, 0.29) is 11.5 Å². The van der Waals surface area contributed by atoms with E-state index in [1.54, 1.807) is 18.2 Å². The highest BCUT2D eigenvalue weighted by molar-refractivity contribution is 5.89. The van der Waals surface area contributed by atoms with Crippen LogP contribution in [0.2, 0.25) is 0 Å². The fraction of sp³-hybridized carbons (Fsp3) is 0.591. The SMILES string of the molecule is CCCCCCCCCCC(=O)C=CCCc1ccc(OC)c(O)c1. The fourth-order valence-corrected chi connectivity index (χ4v) is 2.87. The van der Waals surface area contributed by atoms with E-state index in [1.807, 2.05) is 12.1 Å². The zero-order chi connectivity index (χ0) is 18.3. The third-order valence-corrected chi connectivity index (χ3v) is 4.42. The molecule has 0 saturated heterocycles.